The predicted octanol–water partition coefficient (Wildman–Crippen LogP) is 2.20. The Labute approximate surface area is 120 Å². The maximum Gasteiger partial charge on any atom is 0.208 e. The molecule has 0 amide bonds. The van der Waals surface area contributed by atoms with Gasteiger partial charge < -0.3 is 5.32 Å². The van der Waals surface area contributed by atoms with Crippen molar-refractivity contribution in [1.29, 1.82) is 0 Å². The Morgan fingerprint density at radius 3 is 2.40 bits per heavy atom. The maximum absolute atomic E-state index is 12.9. The molecular formula is C14H23FN2O2S. The lowest BCUT2D eigenvalue weighted by molar-refractivity contribution is 0.481. The van der Waals surface area contributed by atoms with Gasteiger partial charge in [-0.05, 0) is 24.1 Å². The summed E-state index contributed by atoms with van der Waals surface area (Å²) in [5, 5.41) is 3.31. The van der Waals surface area contributed by atoms with Crippen LogP contribution in [0.4, 0.5) is 4.39 Å². The van der Waals surface area contributed by atoms with E-state index in [1.165, 1.54) is 12.1 Å². The van der Waals surface area contributed by atoms with Crippen LogP contribution in [0.15, 0.2) is 24.3 Å². The van der Waals surface area contributed by atoms with E-state index in [2.05, 4.69) is 17.0 Å². The van der Waals surface area contributed by atoms with E-state index in [-0.39, 0.29) is 11.9 Å². The van der Waals surface area contributed by atoms with Gasteiger partial charge >= 0.3 is 0 Å². The van der Waals surface area contributed by atoms with Gasteiger partial charge in [0.25, 0.3) is 0 Å². The van der Waals surface area contributed by atoms with Crippen molar-refractivity contribution in [2.24, 2.45) is 0 Å². The van der Waals surface area contributed by atoms with Gasteiger partial charge in [0.15, 0.2) is 0 Å². The fourth-order valence-corrected chi connectivity index (χ4v) is 2.45. The second-order valence-electron chi connectivity index (χ2n) is 4.87. The van der Waals surface area contributed by atoms with Crippen molar-refractivity contribution in [1.82, 2.24) is 10.0 Å². The van der Waals surface area contributed by atoms with Crippen LogP contribution in [-0.2, 0) is 10.0 Å². The van der Waals surface area contributed by atoms with Crippen LogP contribution in [0.2, 0.25) is 0 Å². The second-order valence-corrected chi connectivity index (χ2v) is 6.70. The third-order valence-electron chi connectivity index (χ3n) is 3.00. The van der Waals surface area contributed by atoms with Crippen LogP contribution in [0.1, 0.15) is 37.8 Å². The molecule has 0 aliphatic carbocycles. The molecule has 0 heterocycles. The first-order chi connectivity index (χ1) is 9.42. The van der Waals surface area contributed by atoms with Gasteiger partial charge in [0, 0.05) is 19.1 Å². The van der Waals surface area contributed by atoms with Crippen LogP contribution in [-0.4, -0.2) is 27.8 Å². The molecule has 0 fully saturated rings. The summed E-state index contributed by atoms with van der Waals surface area (Å²) in [4.78, 5) is 0. The number of halogens is 1. The lowest BCUT2D eigenvalue weighted by Gasteiger charge is -2.19. The largest absolute Gasteiger partial charge is 0.309 e. The van der Waals surface area contributed by atoms with Gasteiger partial charge in [0.05, 0.1) is 6.26 Å². The fraction of sp³-hybridized carbons (Fsp3) is 0.571. The van der Waals surface area contributed by atoms with Gasteiger partial charge in [-0.1, -0.05) is 31.9 Å². The zero-order valence-corrected chi connectivity index (χ0v) is 12.8. The lowest BCUT2D eigenvalue weighted by Crippen LogP contribution is -2.33. The third kappa shape index (κ3) is 6.98. The van der Waals surface area contributed by atoms with E-state index in [0.29, 0.717) is 13.1 Å². The molecule has 1 unspecified atom stereocenters. The first-order valence-electron chi connectivity index (χ1n) is 6.86. The van der Waals surface area contributed by atoms with Crippen LogP contribution in [0, 0.1) is 5.82 Å². The minimum absolute atomic E-state index is 0.122. The molecule has 6 heteroatoms. The van der Waals surface area contributed by atoms with Crippen LogP contribution in [0.3, 0.4) is 0 Å². The highest BCUT2D eigenvalue weighted by Gasteiger charge is 2.10. The average Bonchev–Trinajstić information content (AvgIpc) is 2.38. The Kier molecular flexibility index (Phi) is 7.12. The Balaban J connectivity index is 2.53. The Bertz CT molecular complexity index is 488. The van der Waals surface area contributed by atoms with E-state index in [1.807, 2.05) is 0 Å². The SMILES string of the molecule is CCCCC(NCCNS(C)(=O)=O)c1ccc(F)cc1. The molecule has 0 saturated heterocycles. The standard InChI is InChI=1S/C14H23FN2O2S/c1-3-4-5-14(12-6-8-13(15)9-7-12)16-10-11-17-20(2,18)19/h6-9,14,16-17H,3-5,10-11H2,1-2H3. The quantitative estimate of drug-likeness (QED) is 0.688. The fourth-order valence-electron chi connectivity index (χ4n) is 1.97. The second kappa shape index (κ2) is 8.34. The van der Waals surface area contributed by atoms with Crippen molar-refractivity contribution < 1.29 is 12.8 Å². The van der Waals surface area contributed by atoms with Gasteiger partial charge in [0.1, 0.15) is 5.82 Å². The highest BCUT2D eigenvalue weighted by Crippen LogP contribution is 2.19. The number of hydrogen-bond acceptors (Lipinski definition) is 3. The van der Waals surface area contributed by atoms with Gasteiger partial charge in [0.2, 0.25) is 10.0 Å². The molecule has 2 N–H and O–H groups in total. The zero-order chi connectivity index (χ0) is 15.0. The summed E-state index contributed by atoms with van der Waals surface area (Å²) in [5.74, 6) is -0.248. The Hall–Kier alpha value is -0.980. The van der Waals surface area contributed by atoms with Crippen molar-refractivity contribution in [3.8, 4) is 0 Å². The smallest absolute Gasteiger partial charge is 0.208 e. The van der Waals surface area contributed by atoms with Crippen molar-refractivity contribution in [2.75, 3.05) is 19.3 Å². The monoisotopic (exact) mass is 302 g/mol. The molecular weight excluding hydrogens is 279 g/mol. The highest BCUT2D eigenvalue weighted by atomic mass is 32.2. The zero-order valence-electron chi connectivity index (χ0n) is 12.0. The summed E-state index contributed by atoms with van der Waals surface area (Å²) < 4.78 is 37.3. The molecule has 114 valence electrons. The van der Waals surface area contributed by atoms with Gasteiger partial charge in [-0.3, -0.25) is 0 Å². The minimum Gasteiger partial charge on any atom is -0.309 e. The summed E-state index contributed by atoms with van der Waals surface area (Å²) in [6.07, 6.45) is 4.23. The molecule has 1 rings (SSSR count). The van der Waals surface area contributed by atoms with E-state index >= 15 is 0 Å². The van der Waals surface area contributed by atoms with E-state index in [0.717, 1.165) is 31.1 Å². The molecule has 0 aliphatic heterocycles. The first-order valence-corrected chi connectivity index (χ1v) is 8.75. The Morgan fingerprint density at radius 1 is 1.20 bits per heavy atom. The molecule has 1 aromatic carbocycles. The number of benzene rings is 1. The van der Waals surface area contributed by atoms with E-state index in [1.54, 1.807) is 12.1 Å². The topological polar surface area (TPSA) is 58.2 Å². The van der Waals surface area contributed by atoms with Crippen LogP contribution >= 0.6 is 0 Å². The predicted molar refractivity (Wildman–Crippen MR) is 79.5 cm³/mol. The number of unbranched alkanes of at least 4 members (excludes halogenated alkanes) is 1. The summed E-state index contributed by atoms with van der Waals surface area (Å²) in [7, 11) is -3.15. The van der Waals surface area contributed by atoms with Gasteiger partial charge in [-0.2, -0.15) is 0 Å². The van der Waals surface area contributed by atoms with Crippen molar-refractivity contribution in [3.05, 3.63) is 35.6 Å². The van der Waals surface area contributed by atoms with Crippen molar-refractivity contribution >= 4 is 10.0 Å². The number of sulfonamides is 1. The number of rotatable bonds is 9. The number of hydrogen-bond donors (Lipinski definition) is 2. The molecule has 0 aromatic heterocycles. The van der Waals surface area contributed by atoms with E-state index < -0.39 is 10.0 Å². The van der Waals surface area contributed by atoms with E-state index in [9.17, 15) is 12.8 Å². The lowest BCUT2D eigenvalue weighted by atomic mass is 10.0. The van der Waals surface area contributed by atoms with Crippen LogP contribution < -0.4 is 10.0 Å². The Morgan fingerprint density at radius 2 is 1.85 bits per heavy atom. The van der Waals surface area contributed by atoms with E-state index in [4.69, 9.17) is 0 Å². The minimum atomic E-state index is -3.15. The van der Waals surface area contributed by atoms with Crippen LogP contribution in [0.25, 0.3) is 0 Å². The van der Waals surface area contributed by atoms with Crippen molar-refractivity contribution in [2.45, 2.75) is 32.2 Å². The first kappa shape index (κ1) is 17.1. The van der Waals surface area contributed by atoms with Crippen LogP contribution in [0.5, 0.6) is 0 Å². The third-order valence-corrected chi connectivity index (χ3v) is 3.73. The molecule has 0 aliphatic rings. The molecule has 0 spiro atoms. The molecule has 4 nitrogen and oxygen atoms in total. The summed E-state index contributed by atoms with van der Waals surface area (Å²) >= 11 is 0. The summed E-state index contributed by atoms with van der Waals surface area (Å²) in [6.45, 7) is 3.01. The van der Waals surface area contributed by atoms with Gasteiger partial charge in [-0.25, -0.2) is 17.5 Å². The highest BCUT2D eigenvalue weighted by molar-refractivity contribution is 7.88. The molecule has 0 bridgehead atoms. The molecule has 0 saturated carbocycles. The average molecular weight is 302 g/mol. The summed E-state index contributed by atoms with van der Waals surface area (Å²) in [6, 6.07) is 6.56. The summed E-state index contributed by atoms with van der Waals surface area (Å²) in [5.41, 5.74) is 1.03. The molecule has 1 aromatic rings. The molecule has 1 atom stereocenters. The van der Waals surface area contributed by atoms with Crippen molar-refractivity contribution in [3.63, 3.8) is 0 Å². The maximum atomic E-state index is 12.9. The number of nitrogens with one attached hydrogen (secondary N) is 2. The molecule has 0 radical (unpaired) electrons. The molecule has 20 heavy (non-hydrogen) atoms. The normalized spacial score (nSPS) is 13.3. The van der Waals surface area contributed by atoms with Gasteiger partial charge in [-0.15, -0.1) is 0 Å².